The van der Waals surface area contributed by atoms with Gasteiger partial charge in [-0.15, -0.1) is 0 Å². The highest BCUT2D eigenvalue weighted by atomic mass is 32.1. The van der Waals surface area contributed by atoms with E-state index in [0.717, 1.165) is 0 Å². The quantitative estimate of drug-likeness (QED) is 0.530. The lowest BCUT2D eigenvalue weighted by Gasteiger charge is -1.95. The number of carbonyl (C=O) groups excluding carboxylic acids is 1. The first kappa shape index (κ1) is 8.07. The molecule has 4 heteroatoms. The van der Waals surface area contributed by atoms with Gasteiger partial charge in [0.05, 0.1) is 12.1 Å². The van der Waals surface area contributed by atoms with Crippen LogP contribution in [-0.4, -0.2) is 11.0 Å². The maximum atomic E-state index is 10.6. The summed E-state index contributed by atoms with van der Waals surface area (Å²) < 4.78 is 4.17. The van der Waals surface area contributed by atoms with E-state index in [9.17, 15) is 4.79 Å². The van der Waals surface area contributed by atoms with Crippen LogP contribution in [0.25, 0.3) is 0 Å². The van der Waals surface area contributed by atoms with Crippen molar-refractivity contribution < 1.29 is 8.98 Å². The van der Waals surface area contributed by atoms with Gasteiger partial charge in [-0.2, -0.15) is 0 Å². The summed E-state index contributed by atoms with van der Waals surface area (Å²) in [5.74, 6) is -0.396. The Bertz CT molecular complexity index is 237. The lowest BCUT2D eigenvalue weighted by atomic mass is 10.3. The number of hydrogen-bond donors (Lipinski definition) is 1. The van der Waals surface area contributed by atoms with Crippen LogP contribution in [0.3, 0.4) is 0 Å². The van der Waals surface area contributed by atoms with Gasteiger partial charge in [-0.25, -0.2) is 0 Å². The van der Waals surface area contributed by atoms with Crippen LogP contribution in [-0.2, 0) is 15.4 Å². The van der Waals surface area contributed by atoms with Gasteiger partial charge in [-0.1, -0.05) is 6.07 Å². The average Bonchev–Trinajstić information content (AvgIpc) is 2.06. The highest BCUT2D eigenvalue weighted by Crippen LogP contribution is 1.96. The fourth-order valence-corrected chi connectivity index (χ4v) is 0.747. The molecule has 0 spiro atoms. The topological polar surface area (TPSA) is 39.2 Å². The van der Waals surface area contributed by atoms with Crippen molar-refractivity contribution in [3.05, 3.63) is 30.1 Å². The number of aromatic nitrogens is 1. The van der Waals surface area contributed by atoms with Crippen molar-refractivity contribution in [3.8, 4) is 0 Å². The molecule has 0 aliphatic heterocycles. The van der Waals surface area contributed by atoms with Crippen LogP contribution in [0.4, 0.5) is 0 Å². The molecule has 0 saturated heterocycles. The van der Waals surface area contributed by atoms with Gasteiger partial charge in [0.1, 0.15) is 0 Å². The van der Waals surface area contributed by atoms with Crippen LogP contribution >= 0.6 is 12.9 Å². The molecule has 3 nitrogen and oxygen atoms in total. The second kappa shape index (κ2) is 3.98. The Balaban J connectivity index is 2.58. The lowest BCUT2D eigenvalue weighted by molar-refractivity contribution is -0.132. The van der Waals surface area contributed by atoms with E-state index in [2.05, 4.69) is 22.1 Å². The Labute approximate surface area is 70.0 Å². The van der Waals surface area contributed by atoms with E-state index in [1.807, 2.05) is 6.07 Å². The Kier molecular flexibility index (Phi) is 2.92. The fourth-order valence-electron chi connectivity index (χ4n) is 0.683. The molecule has 1 rings (SSSR count). The summed E-state index contributed by atoms with van der Waals surface area (Å²) >= 11 is 3.37. The molecule has 58 valence electrons. The van der Waals surface area contributed by atoms with E-state index in [1.54, 1.807) is 18.3 Å². The number of carbonyl (C=O) groups is 1. The largest absolute Gasteiger partial charge is 0.394 e. The maximum absolute atomic E-state index is 10.6. The minimum absolute atomic E-state index is 0.171. The van der Waals surface area contributed by atoms with Gasteiger partial charge in [-0.3, -0.25) is 9.78 Å². The zero-order chi connectivity index (χ0) is 8.10. The lowest BCUT2D eigenvalue weighted by Crippen LogP contribution is -2.02. The number of thiol groups is 1. The summed E-state index contributed by atoms with van der Waals surface area (Å²) in [5.41, 5.74) is 0.687. The van der Waals surface area contributed by atoms with Crippen LogP contribution < -0.4 is 0 Å². The van der Waals surface area contributed by atoms with Gasteiger partial charge in [0.15, 0.2) is 0 Å². The molecule has 0 atom stereocenters. The molecule has 1 heterocycles. The van der Waals surface area contributed by atoms with E-state index < -0.39 is 5.97 Å². The predicted molar refractivity (Wildman–Crippen MR) is 43.0 cm³/mol. The second-order valence-electron chi connectivity index (χ2n) is 1.96. The van der Waals surface area contributed by atoms with Crippen molar-refractivity contribution >= 4 is 18.9 Å². The highest BCUT2D eigenvalue weighted by Gasteiger charge is 2.02. The molecule has 0 radical (unpaired) electrons. The SMILES string of the molecule is O=C(Cc1ccccn1)OS. The highest BCUT2D eigenvalue weighted by molar-refractivity contribution is 7.75. The molecular formula is C7H7NO2S. The normalized spacial score (nSPS) is 9.18. The molecule has 0 unspecified atom stereocenters. The Morgan fingerprint density at radius 2 is 2.45 bits per heavy atom. The first-order valence-electron chi connectivity index (χ1n) is 3.07. The third-order valence-corrected chi connectivity index (χ3v) is 1.36. The van der Waals surface area contributed by atoms with Crippen LogP contribution in [0.5, 0.6) is 0 Å². The maximum Gasteiger partial charge on any atom is 0.323 e. The van der Waals surface area contributed by atoms with E-state index in [0.29, 0.717) is 5.69 Å². The summed E-state index contributed by atoms with van der Waals surface area (Å²) in [6.07, 6.45) is 1.80. The fraction of sp³-hybridized carbons (Fsp3) is 0.143. The summed E-state index contributed by atoms with van der Waals surface area (Å²) in [6.45, 7) is 0. The Hall–Kier alpha value is -1.03. The van der Waals surface area contributed by atoms with Crippen LogP contribution in [0.2, 0.25) is 0 Å². The van der Waals surface area contributed by atoms with Crippen LogP contribution in [0, 0.1) is 0 Å². The molecule has 1 aromatic rings. The molecule has 0 aliphatic carbocycles. The summed E-state index contributed by atoms with van der Waals surface area (Å²) in [4.78, 5) is 14.6. The zero-order valence-corrected chi connectivity index (χ0v) is 6.62. The average molecular weight is 169 g/mol. The molecule has 0 bridgehead atoms. The van der Waals surface area contributed by atoms with Crippen molar-refractivity contribution in [2.75, 3.05) is 0 Å². The van der Waals surface area contributed by atoms with E-state index in [4.69, 9.17) is 0 Å². The van der Waals surface area contributed by atoms with Gasteiger partial charge < -0.3 is 4.18 Å². The summed E-state index contributed by atoms with van der Waals surface area (Å²) in [5, 5.41) is 0. The molecular weight excluding hydrogens is 162 g/mol. The molecule has 1 aromatic heterocycles. The molecule has 0 saturated carbocycles. The minimum atomic E-state index is -0.396. The van der Waals surface area contributed by atoms with Crippen LogP contribution in [0.1, 0.15) is 5.69 Å². The third-order valence-electron chi connectivity index (χ3n) is 1.15. The molecule has 0 N–H and O–H groups in total. The number of pyridine rings is 1. The summed E-state index contributed by atoms with van der Waals surface area (Å²) in [6, 6.07) is 5.36. The van der Waals surface area contributed by atoms with Crippen molar-refractivity contribution in [1.82, 2.24) is 4.98 Å². The van der Waals surface area contributed by atoms with Gasteiger partial charge in [0.25, 0.3) is 0 Å². The second-order valence-corrected chi connectivity index (χ2v) is 2.14. The number of rotatable bonds is 2. The standard InChI is InChI=1S/C7H7NO2S/c9-7(10-11)5-6-3-1-2-4-8-6/h1-4,11H,5H2. The Morgan fingerprint density at radius 1 is 1.64 bits per heavy atom. The first-order chi connectivity index (χ1) is 5.33. The van der Waals surface area contributed by atoms with E-state index in [1.165, 1.54) is 0 Å². The molecule has 0 aromatic carbocycles. The van der Waals surface area contributed by atoms with Gasteiger partial charge in [0, 0.05) is 19.1 Å². The van der Waals surface area contributed by atoms with Crippen molar-refractivity contribution in [1.29, 1.82) is 0 Å². The Morgan fingerprint density at radius 3 is 3.00 bits per heavy atom. The predicted octanol–water partition coefficient (Wildman–Crippen LogP) is 1.01. The molecule has 0 fully saturated rings. The van der Waals surface area contributed by atoms with Gasteiger partial charge in [0.2, 0.25) is 0 Å². The minimum Gasteiger partial charge on any atom is -0.394 e. The van der Waals surface area contributed by atoms with Crippen LogP contribution in [0.15, 0.2) is 24.4 Å². The molecule has 0 aliphatic rings. The van der Waals surface area contributed by atoms with Crippen molar-refractivity contribution in [2.45, 2.75) is 6.42 Å². The third kappa shape index (κ3) is 2.59. The van der Waals surface area contributed by atoms with E-state index in [-0.39, 0.29) is 6.42 Å². The van der Waals surface area contributed by atoms with Gasteiger partial charge in [-0.05, 0) is 12.1 Å². The first-order valence-corrected chi connectivity index (χ1v) is 3.43. The monoisotopic (exact) mass is 169 g/mol. The van der Waals surface area contributed by atoms with Gasteiger partial charge >= 0.3 is 5.97 Å². The molecule has 11 heavy (non-hydrogen) atoms. The summed E-state index contributed by atoms with van der Waals surface area (Å²) in [7, 11) is 0. The van der Waals surface area contributed by atoms with Crippen molar-refractivity contribution in [2.24, 2.45) is 0 Å². The smallest absolute Gasteiger partial charge is 0.323 e. The van der Waals surface area contributed by atoms with Crippen molar-refractivity contribution in [3.63, 3.8) is 0 Å². The zero-order valence-electron chi connectivity index (χ0n) is 5.73. The number of nitrogens with zero attached hydrogens (tertiary/aromatic N) is 1. The molecule has 0 amide bonds. The number of hydrogen-bond acceptors (Lipinski definition) is 4. The van der Waals surface area contributed by atoms with E-state index >= 15 is 0 Å².